The molecular weight excluding hydrogens is 322 g/mol. The summed E-state index contributed by atoms with van der Waals surface area (Å²) in [6, 6.07) is 5.21. The molecule has 1 fully saturated rings. The standard InChI is InChI=1S/C15H18ClN3O2S/c1-10-3-6-14(16)15(7-10)22(20,21)18-13-8-17-19(9-13)11(2)12-4-5-12/h3,6-9,11-12,18H,4-5H2,1-2H3. The van der Waals surface area contributed by atoms with Gasteiger partial charge < -0.3 is 0 Å². The first-order valence-corrected chi connectivity index (χ1v) is 9.06. The molecular formula is C15H18ClN3O2S. The third-order valence-corrected chi connectivity index (χ3v) is 5.81. The van der Waals surface area contributed by atoms with E-state index in [1.54, 1.807) is 24.4 Å². The van der Waals surface area contributed by atoms with Crippen LogP contribution >= 0.6 is 11.6 Å². The molecule has 1 aromatic heterocycles. The highest BCUT2D eigenvalue weighted by atomic mass is 35.5. The van der Waals surface area contributed by atoms with Gasteiger partial charge >= 0.3 is 0 Å². The third kappa shape index (κ3) is 3.13. The summed E-state index contributed by atoms with van der Waals surface area (Å²) in [4.78, 5) is 0.0807. The first-order valence-electron chi connectivity index (χ1n) is 7.20. The van der Waals surface area contributed by atoms with Crippen LogP contribution in [0.4, 0.5) is 5.69 Å². The van der Waals surface area contributed by atoms with Crippen molar-refractivity contribution >= 4 is 27.3 Å². The van der Waals surface area contributed by atoms with Gasteiger partial charge in [0, 0.05) is 6.20 Å². The molecule has 1 N–H and O–H groups in total. The SMILES string of the molecule is Cc1ccc(Cl)c(S(=O)(=O)Nc2cnn(C(C)C3CC3)c2)c1. The predicted molar refractivity (Wildman–Crippen MR) is 86.7 cm³/mol. The summed E-state index contributed by atoms with van der Waals surface area (Å²) >= 11 is 6.01. The van der Waals surface area contributed by atoms with Gasteiger partial charge in [-0.05, 0) is 50.3 Å². The zero-order chi connectivity index (χ0) is 15.9. The molecule has 3 rings (SSSR count). The van der Waals surface area contributed by atoms with Gasteiger partial charge in [0.25, 0.3) is 10.0 Å². The van der Waals surface area contributed by atoms with Crippen molar-refractivity contribution in [3.05, 3.63) is 41.2 Å². The van der Waals surface area contributed by atoms with E-state index < -0.39 is 10.0 Å². The predicted octanol–water partition coefficient (Wildman–Crippen LogP) is 3.62. The average Bonchev–Trinajstić information content (AvgIpc) is 3.21. The summed E-state index contributed by atoms with van der Waals surface area (Å²) in [6.45, 7) is 3.92. The molecule has 1 aliphatic carbocycles. The number of hydrogen-bond acceptors (Lipinski definition) is 3. The number of rotatable bonds is 5. The first-order chi connectivity index (χ1) is 10.4. The highest BCUT2D eigenvalue weighted by Gasteiger charge is 2.29. The van der Waals surface area contributed by atoms with Crippen LogP contribution in [0.25, 0.3) is 0 Å². The number of sulfonamides is 1. The van der Waals surface area contributed by atoms with Gasteiger partial charge in [0.15, 0.2) is 0 Å². The minimum Gasteiger partial charge on any atom is -0.276 e. The summed E-state index contributed by atoms with van der Waals surface area (Å²) < 4.78 is 29.3. The maximum absolute atomic E-state index is 12.5. The minimum absolute atomic E-state index is 0.0807. The van der Waals surface area contributed by atoms with Crippen LogP contribution in [0.2, 0.25) is 5.02 Å². The van der Waals surface area contributed by atoms with Gasteiger partial charge in [0.1, 0.15) is 4.90 Å². The molecule has 0 aliphatic heterocycles. The number of hydrogen-bond donors (Lipinski definition) is 1. The number of aromatic nitrogens is 2. The van der Waals surface area contributed by atoms with Crippen LogP contribution in [-0.4, -0.2) is 18.2 Å². The van der Waals surface area contributed by atoms with Gasteiger partial charge in [-0.1, -0.05) is 17.7 Å². The molecule has 1 saturated carbocycles. The van der Waals surface area contributed by atoms with Crippen LogP contribution in [0.1, 0.15) is 31.4 Å². The van der Waals surface area contributed by atoms with Gasteiger partial charge in [-0.25, -0.2) is 8.42 Å². The summed E-state index contributed by atoms with van der Waals surface area (Å²) in [5, 5.41) is 4.46. The van der Waals surface area contributed by atoms with Crippen LogP contribution in [0.5, 0.6) is 0 Å². The van der Waals surface area contributed by atoms with Crippen LogP contribution in [0.3, 0.4) is 0 Å². The van der Waals surface area contributed by atoms with E-state index in [2.05, 4.69) is 16.7 Å². The molecule has 1 aromatic carbocycles. The Morgan fingerprint density at radius 2 is 2.14 bits per heavy atom. The molecule has 2 aromatic rings. The zero-order valence-corrected chi connectivity index (χ0v) is 14.0. The molecule has 5 nitrogen and oxygen atoms in total. The second-order valence-corrected chi connectivity index (χ2v) is 7.88. The van der Waals surface area contributed by atoms with E-state index in [1.165, 1.54) is 19.0 Å². The fourth-order valence-corrected chi connectivity index (χ4v) is 4.05. The average molecular weight is 340 g/mol. The highest BCUT2D eigenvalue weighted by Crippen LogP contribution is 2.39. The fourth-order valence-electron chi connectivity index (χ4n) is 2.43. The summed E-state index contributed by atoms with van der Waals surface area (Å²) in [6.07, 6.45) is 5.67. The van der Waals surface area contributed by atoms with Crippen molar-refractivity contribution < 1.29 is 8.42 Å². The Balaban J connectivity index is 1.83. The second kappa shape index (κ2) is 5.59. The molecule has 22 heavy (non-hydrogen) atoms. The smallest absolute Gasteiger partial charge is 0.263 e. The van der Waals surface area contributed by atoms with Gasteiger partial charge in [-0.2, -0.15) is 5.10 Å². The van der Waals surface area contributed by atoms with E-state index in [4.69, 9.17) is 11.6 Å². The van der Waals surface area contributed by atoms with Crippen LogP contribution in [0.15, 0.2) is 35.5 Å². The van der Waals surface area contributed by atoms with Crippen LogP contribution in [-0.2, 0) is 10.0 Å². The van der Waals surface area contributed by atoms with Gasteiger partial charge in [-0.15, -0.1) is 0 Å². The molecule has 0 bridgehead atoms. The fraction of sp³-hybridized carbons (Fsp3) is 0.400. The first kappa shape index (κ1) is 15.4. The zero-order valence-electron chi connectivity index (χ0n) is 12.5. The Bertz CT molecular complexity index is 797. The number of aryl methyl sites for hydroxylation is 1. The monoisotopic (exact) mass is 339 g/mol. The normalized spacial score (nSPS) is 16.5. The van der Waals surface area contributed by atoms with E-state index >= 15 is 0 Å². The lowest BCUT2D eigenvalue weighted by molar-refractivity contribution is 0.440. The van der Waals surface area contributed by atoms with E-state index in [9.17, 15) is 8.42 Å². The van der Waals surface area contributed by atoms with Crippen molar-refractivity contribution in [1.82, 2.24) is 9.78 Å². The van der Waals surface area contributed by atoms with E-state index in [0.717, 1.165) is 5.56 Å². The lowest BCUT2D eigenvalue weighted by Gasteiger charge is -2.10. The van der Waals surface area contributed by atoms with Crippen molar-refractivity contribution in [2.75, 3.05) is 4.72 Å². The molecule has 1 heterocycles. The van der Waals surface area contributed by atoms with E-state index in [0.29, 0.717) is 17.6 Å². The highest BCUT2D eigenvalue weighted by molar-refractivity contribution is 7.92. The Kier molecular flexibility index (Phi) is 3.91. The Morgan fingerprint density at radius 1 is 1.41 bits per heavy atom. The number of nitrogens with one attached hydrogen (secondary N) is 1. The molecule has 1 unspecified atom stereocenters. The molecule has 118 valence electrons. The van der Waals surface area contributed by atoms with Crippen molar-refractivity contribution in [2.24, 2.45) is 5.92 Å². The molecule has 7 heteroatoms. The number of halogens is 1. The van der Waals surface area contributed by atoms with E-state index in [1.807, 2.05) is 11.6 Å². The van der Waals surface area contributed by atoms with E-state index in [-0.39, 0.29) is 9.92 Å². The topological polar surface area (TPSA) is 64.0 Å². The lowest BCUT2D eigenvalue weighted by atomic mass is 10.2. The summed E-state index contributed by atoms with van der Waals surface area (Å²) in [5.74, 6) is 0.649. The summed E-state index contributed by atoms with van der Waals surface area (Å²) in [7, 11) is -3.72. The molecule has 0 amide bonds. The van der Waals surface area contributed by atoms with Crippen molar-refractivity contribution in [3.63, 3.8) is 0 Å². The molecule has 0 spiro atoms. The number of nitrogens with zero attached hydrogens (tertiary/aromatic N) is 2. The Morgan fingerprint density at radius 3 is 2.82 bits per heavy atom. The quantitative estimate of drug-likeness (QED) is 0.904. The maximum atomic E-state index is 12.5. The largest absolute Gasteiger partial charge is 0.276 e. The van der Waals surface area contributed by atoms with Crippen molar-refractivity contribution in [3.8, 4) is 0 Å². The Labute approximate surface area is 135 Å². The van der Waals surface area contributed by atoms with Gasteiger partial charge in [0.2, 0.25) is 0 Å². The van der Waals surface area contributed by atoms with Gasteiger partial charge in [-0.3, -0.25) is 9.40 Å². The molecule has 0 radical (unpaired) electrons. The van der Waals surface area contributed by atoms with Crippen molar-refractivity contribution in [1.29, 1.82) is 0 Å². The van der Waals surface area contributed by atoms with Crippen LogP contribution in [0, 0.1) is 12.8 Å². The maximum Gasteiger partial charge on any atom is 0.263 e. The third-order valence-electron chi connectivity index (χ3n) is 3.95. The molecule has 1 atom stereocenters. The van der Waals surface area contributed by atoms with Crippen molar-refractivity contribution in [2.45, 2.75) is 37.6 Å². The van der Waals surface area contributed by atoms with Crippen LogP contribution < -0.4 is 4.72 Å². The summed E-state index contributed by atoms with van der Waals surface area (Å²) in [5.41, 5.74) is 1.29. The molecule has 0 saturated heterocycles. The molecule has 1 aliphatic rings. The number of benzene rings is 1. The Hall–Kier alpha value is -1.53. The number of anilines is 1. The minimum atomic E-state index is -3.72. The second-order valence-electron chi connectivity index (χ2n) is 5.83. The van der Waals surface area contributed by atoms with Gasteiger partial charge in [0.05, 0.1) is 22.9 Å². The lowest BCUT2D eigenvalue weighted by Crippen LogP contribution is -2.13.